The van der Waals surface area contributed by atoms with Crippen molar-refractivity contribution in [2.24, 2.45) is 0 Å². The van der Waals surface area contributed by atoms with Crippen LogP contribution in [0.25, 0.3) is 0 Å². The van der Waals surface area contributed by atoms with Gasteiger partial charge in [0.2, 0.25) is 0 Å². The molecule has 5 nitrogen and oxygen atoms in total. The van der Waals surface area contributed by atoms with Gasteiger partial charge in [0.25, 0.3) is 5.91 Å². The lowest BCUT2D eigenvalue weighted by Crippen LogP contribution is -2.20. The number of halogens is 2. The van der Waals surface area contributed by atoms with Crippen molar-refractivity contribution in [2.45, 2.75) is 26.2 Å². The van der Waals surface area contributed by atoms with Gasteiger partial charge in [0.1, 0.15) is 5.75 Å². The average molecular weight is 410 g/mol. The summed E-state index contributed by atoms with van der Waals surface area (Å²) in [6.45, 7) is 2.28. The fourth-order valence-electron chi connectivity index (χ4n) is 2.22. The number of unbranched alkanes of at least 4 members (excludes halogenated alkanes) is 2. The molecule has 0 heterocycles. The summed E-state index contributed by atoms with van der Waals surface area (Å²) in [6, 6.07) is 11.2. The van der Waals surface area contributed by atoms with Crippen molar-refractivity contribution >= 4 is 40.8 Å². The molecule has 0 fully saturated rings. The summed E-state index contributed by atoms with van der Waals surface area (Å²) in [7, 11) is 0. The molecular formula is C20H21Cl2NO4. The normalized spacial score (nSPS) is 10.3. The van der Waals surface area contributed by atoms with Gasteiger partial charge in [-0.1, -0.05) is 43.0 Å². The summed E-state index contributed by atoms with van der Waals surface area (Å²) in [4.78, 5) is 23.9. The van der Waals surface area contributed by atoms with Gasteiger partial charge in [-0.3, -0.25) is 4.79 Å². The molecule has 0 aromatic heterocycles. The molecular weight excluding hydrogens is 389 g/mol. The first-order valence-electron chi connectivity index (χ1n) is 8.64. The van der Waals surface area contributed by atoms with Gasteiger partial charge in [-0.2, -0.15) is 0 Å². The first kappa shape index (κ1) is 21.1. The van der Waals surface area contributed by atoms with E-state index in [4.69, 9.17) is 32.7 Å². The van der Waals surface area contributed by atoms with E-state index in [0.29, 0.717) is 33.7 Å². The first-order valence-corrected chi connectivity index (χ1v) is 9.40. The third-order valence-electron chi connectivity index (χ3n) is 3.64. The van der Waals surface area contributed by atoms with Crippen LogP contribution in [0.2, 0.25) is 10.0 Å². The molecule has 0 radical (unpaired) electrons. The first-order chi connectivity index (χ1) is 13.0. The molecule has 0 saturated heterocycles. The molecule has 0 spiro atoms. The molecule has 1 N–H and O–H groups in total. The number of hydrogen-bond donors (Lipinski definition) is 1. The van der Waals surface area contributed by atoms with Crippen LogP contribution in [0.15, 0.2) is 42.5 Å². The zero-order chi connectivity index (χ0) is 19.6. The smallest absolute Gasteiger partial charge is 0.338 e. The number of hydrogen-bond acceptors (Lipinski definition) is 4. The Hall–Kier alpha value is -2.24. The van der Waals surface area contributed by atoms with Crippen molar-refractivity contribution in [3.8, 4) is 5.75 Å². The van der Waals surface area contributed by atoms with Gasteiger partial charge in [0.15, 0.2) is 6.61 Å². The summed E-state index contributed by atoms with van der Waals surface area (Å²) in [5, 5.41) is 3.51. The Balaban J connectivity index is 1.82. The van der Waals surface area contributed by atoms with Crippen molar-refractivity contribution in [2.75, 3.05) is 18.5 Å². The monoisotopic (exact) mass is 409 g/mol. The van der Waals surface area contributed by atoms with E-state index in [1.165, 1.54) is 6.07 Å². The number of carbonyl (C=O) groups is 2. The van der Waals surface area contributed by atoms with Crippen molar-refractivity contribution in [3.05, 3.63) is 58.1 Å². The zero-order valence-corrected chi connectivity index (χ0v) is 16.5. The number of ether oxygens (including phenoxy) is 2. The van der Waals surface area contributed by atoms with E-state index >= 15 is 0 Å². The second kappa shape index (κ2) is 10.8. The fraction of sp³-hybridized carbons (Fsp3) is 0.300. The van der Waals surface area contributed by atoms with Crippen molar-refractivity contribution in [1.82, 2.24) is 0 Å². The number of nitrogens with one attached hydrogen (secondary N) is 1. The second-order valence-corrected chi connectivity index (χ2v) is 6.68. The predicted molar refractivity (Wildman–Crippen MR) is 107 cm³/mol. The van der Waals surface area contributed by atoms with Crippen LogP contribution in [0.4, 0.5) is 5.69 Å². The lowest BCUT2D eigenvalue weighted by atomic mass is 10.2. The summed E-state index contributed by atoms with van der Waals surface area (Å²) in [6.07, 6.45) is 2.95. The van der Waals surface area contributed by atoms with Crippen LogP contribution in [-0.2, 0) is 9.53 Å². The topological polar surface area (TPSA) is 64.6 Å². The Bertz CT molecular complexity index is 778. The molecule has 1 amide bonds. The van der Waals surface area contributed by atoms with Gasteiger partial charge in [-0.15, -0.1) is 0 Å². The number of carbonyl (C=O) groups excluding carboxylic acids is 2. The summed E-state index contributed by atoms with van der Waals surface area (Å²) < 4.78 is 10.6. The van der Waals surface area contributed by atoms with Crippen molar-refractivity contribution in [3.63, 3.8) is 0 Å². The highest BCUT2D eigenvalue weighted by molar-refractivity contribution is 6.34. The van der Waals surface area contributed by atoms with E-state index in [1.807, 2.05) is 0 Å². The zero-order valence-electron chi connectivity index (χ0n) is 15.0. The SMILES string of the molecule is CCCCCOC(=O)c1ccc(NC(=O)COc2cc(Cl)ccc2Cl)cc1. The number of amides is 1. The van der Waals surface area contributed by atoms with Crippen molar-refractivity contribution < 1.29 is 19.1 Å². The molecule has 0 aliphatic heterocycles. The standard InChI is InChI=1S/C20H21Cl2NO4/c1-2-3-4-11-26-20(25)14-5-8-16(9-6-14)23-19(24)13-27-18-12-15(21)7-10-17(18)22/h5-10,12H,2-4,11,13H2,1H3,(H,23,24). The highest BCUT2D eigenvalue weighted by atomic mass is 35.5. The largest absolute Gasteiger partial charge is 0.482 e. The van der Waals surface area contributed by atoms with Crippen LogP contribution in [0.1, 0.15) is 36.5 Å². The average Bonchev–Trinajstić information content (AvgIpc) is 2.66. The molecule has 2 rings (SSSR count). The maximum atomic E-state index is 12.0. The maximum absolute atomic E-state index is 12.0. The van der Waals surface area contributed by atoms with E-state index in [0.717, 1.165) is 19.3 Å². The van der Waals surface area contributed by atoms with E-state index in [1.54, 1.807) is 36.4 Å². The fourth-order valence-corrected chi connectivity index (χ4v) is 2.55. The van der Waals surface area contributed by atoms with Gasteiger partial charge in [-0.25, -0.2) is 4.79 Å². The number of anilines is 1. The minimum Gasteiger partial charge on any atom is -0.482 e. The Labute approximate surface area is 168 Å². The van der Waals surface area contributed by atoms with Crippen LogP contribution >= 0.6 is 23.2 Å². The quantitative estimate of drug-likeness (QED) is 0.447. The lowest BCUT2D eigenvalue weighted by molar-refractivity contribution is -0.118. The molecule has 0 unspecified atom stereocenters. The summed E-state index contributed by atoms with van der Waals surface area (Å²) >= 11 is 11.9. The molecule has 7 heteroatoms. The molecule has 2 aromatic rings. The van der Waals surface area contributed by atoms with Crippen molar-refractivity contribution in [1.29, 1.82) is 0 Å². The number of rotatable bonds is 9. The molecule has 0 saturated carbocycles. The van der Waals surface area contributed by atoms with Gasteiger partial charge in [-0.05, 0) is 42.8 Å². The summed E-state index contributed by atoms with van der Waals surface area (Å²) in [5.41, 5.74) is 0.981. The Morgan fingerprint density at radius 2 is 1.78 bits per heavy atom. The predicted octanol–water partition coefficient (Wildman–Crippen LogP) is 5.36. The van der Waals surface area contributed by atoms with Gasteiger partial charge in [0.05, 0.1) is 17.2 Å². The molecule has 144 valence electrons. The lowest BCUT2D eigenvalue weighted by Gasteiger charge is -2.09. The molecule has 0 aliphatic carbocycles. The maximum Gasteiger partial charge on any atom is 0.338 e. The number of esters is 1. The number of benzene rings is 2. The second-order valence-electron chi connectivity index (χ2n) is 5.83. The molecule has 0 aliphatic rings. The van der Waals surface area contributed by atoms with Gasteiger partial charge < -0.3 is 14.8 Å². The summed E-state index contributed by atoms with van der Waals surface area (Å²) in [5.74, 6) is -0.399. The Morgan fingerprint density at radius 3 is 2.48 bits per heavy atom. The Kier molecular flexibility index (Phi) is 8.43. The van der Waals surface area contributed by atoms with E-state index < -0.39 is 0 Å². The third kappa shape index (κ3) is 7.12. The van der Waals surface area contributed by atoms with E-state index in [2.05, 4.69) is 12.2 Å². The molecule has 2 aromatic carbocycles. The van der Waals surface area contributed by atoms with Crippen LogP contribution in [-0.4, -0.2) is 25.1 Å². The van der Waals surface area contributed by atoms with Crippen LogP contribution < -0.4 is 10.1 Å². The van der Waals surface area contributed by atoms with E-state index in [-0.39, 0.29) is 18.5 Å². The third-order valence-corrected chi connectivity index (χ3v) is 4.18. The minimum atomic E-state index is -0.372. The highest BCUT2D eigenvalue weighted by Crippen LogP contribution is 2.27. The van der Waals surface area contributed by atoms with E-state index in [9.17, 15) is 9.59 Å². The molecule has 27 heavy (non-hydrogen) atoms. The van der Waals surface area contributed by atoms with Crippen LogP contribution in [0, 0.1) is 0 Å². The van der Waals surface area contributed by atoms with Crippen LogP contribution in [0.3, 0.4) is 0 Å². The molecule has 0 atom stereocenters. The Morgan fingerprint density at radius 1 is 1.04 bits per heavy atom. The van der Waals surface area contributed by atoms with Crippen LogP contribution in [0.5, 0.6) is 5.75 Å². The minimum absolute atomic E-state index is 0.221. The van der Waals surface area contributed by atoms with Gasteiger partial charge >= 0.3 is 5.97 Å². The highest BCUT2D eigenvalue weighted by Gasteiger charge is 2.09. The van der Waals surface area contributed by atoms with Gasteiger partial charge in [0, 0.05) is 16.8 Å². The molecule has 0 bridgehead atoms.